The minimum Gasteiger partial charge on any atom is -0.393 e. The Hall–Kier alpha value is -1.17. The van der Waals surface area contributed by atoms with Crippen molar-refractivity contribution in [1.29, 1.82) is 0 Å². The van der Waals surface area contributed by atoms with Crippen LogP contribution < -0.4 is 0 Å². The summed E-state index contributed by atoms with van der Waals surface area (Å²) in [5.74, 6) is -0.283. The molecule has 0 saturated carbocycles. The monoisotopic (exact) mass is 234 g/mol. The second-order valence-corrected chi connectivity index (χ2v) is 3.60. The van der Waals surface area contributed by atoms with E-state index in [4.69, 9.17) is 0 Å². The van der Waals surface area contributed by atoms with Crippen LogP contribution in [0.3, 0.4) is 0 Å². The van der Waals surface area contributed by atoms with E-state index in [2.05, 4.69) is 10.2 Å². The highest BCUT2D eigenvalue weighted by Crippen LogP contribution is 2.28. The lowest BCUT2D eigenvalue weighted by Gasteiger charge is -2.16. The standard InChI is InChI=1S/C10H13F3N2O/c1-3-7(6(2)16)8-4-5-9(15-14-8)10(11,12)13/h4-7,16H,3H2,1-2H3. The Bertz CT molecular complexity index is 335. The largest absolute Gasteiger partial charge is 0.435 e. The summed E-state index contributed by atoms with van der Waals surface area (Å²) in [7, 11) is 0. The van der Waals surface area contributed by atoms with Crippen LogP contribution in [0.4, 0.5) is 13.2 Å². The molecule has 1 rings (SSSR count). The highest BCUT2D eigenvalue weighted by molar-refractivity contribution is 5.13. The molecule has 0 aliphatic heterocycles. The molecule has 0 saturated heterocycles. The van der Waals surface area contributed by atoms with Gasteiger partial charge in [0.1, 0.15) is 0 Å². The van der Waals surface area contributed by atoms with Crippen LogP contribution in [0.25, 0.3) is 0 Å². The lowest BCUT2D eigenvalue weighted by atomic mass is 9.96. The Morgan fingerprint density at radius 2 is 1.94 bits per heavy atom. The maximum Gasteiger partial charge on any atom is 0.435 e. The molecule has 1 N–H and O–H groups in total. The Morgan fingerprint density at radius 1 is 1.31 bits per heavy atom. The third kappa shape index (κ3) is 2.91. The SMILES string of the molecule is CCC(c1ccc(C(F)(F)F)nn1)C(C)O. The molecular weight excluding hydrogens is 221 g/mol. The van der Waals surface area contributed by atoms with Gasteiger partial charge in [-0.05, 0) is 25.5 Å². The van der Waals surface area contributed by atoms with Gasteiger partial charge in [0.15, 0.2) is 5.69 Å². The minimum atomic E-state index is -4.47. The van der Waals surface area contributed by atoms with Gasteiger partial charge in [-0.15, -0.1) is 5.10 Å². The van der Waals surface area contributed by atoms with Gasteiger partial charge in [-0.1, -0.05) is 6.92 Å². The molecule has 16 heavy (non-hydrogen) atoms. The molecular formula is C10H13F3N2O. The summed E-state index contributed by atoms with van der Waals surface area (Å²) in [5.41, 5.74) is -0.637. The van der Waals surface area contributed by atoms with E-state index in [9.17, 15) is 18.3 Å². The average Bonchev–Trinajstić information content (AvgIpc) is 2.17. The first-order valence-electron chi connectivity index (χ1n) is 4.95. The number of hydrogen-bond acceptors (Lipinski definition) is 3. The highest BCUT2D eigenvalue weighted by Gasteiger charge is 2.33. The van der Waals surface area contributed by atoms with Crippen molar-refractivity contribution in [2.45, 2.75) is 38.5 Å². The van der Waals surface area contributed by atoms with Gasteiger partial charge in [-0.3, -0.25) is 0 Å². The van der Waals surface area contributed by atoms with Crippen molar-refractivity contribution in [1.82, 2.24) is 10.2 Å². The third-order valence-electron chi connectivity index (χ3n) is 2.38. The van der Waals surface area contributed by atoms with Crippen LogP contribution in [0.1, 0.15) is 37.6 Å². The van der Waals surface area contributed by atoms with Crippen LogP contribution in [0, 0.1) is 0 Å². The molecule has 2 unspecified atom stereocenters. The van der Waals surface area contributed by atoms with E-state index in [1.165, 1.54) is 6.07 Å². The van der Waals surface area contributed by atoms with Crippen LogP contribution in [0.5, 0.6) is 0 Å². The fraction of sp³-hybridized carbons (Fsp3) is 0.600. The highest BCUT2D eigenvalue weighted by atomic mass is 19.4. The van der Waals surface area contributed by atoms with Crippen molar-refractivity contribution in [2.75, 3.05) is 0 Å². The molecule has 2 atom stereocenters. The molecule has 0 bridgehead atoms. The van der Waals surface area contributed by atoms with Gasteiger partial charge in [-0.2, -0.15) is 18.3 Å². The second-order valence-electron chi connectivity index (χ2n) is 3.60. The number of aliphatic hydroxyl groups is 1. The smallest absolute Gasteiger partial charge is 0.393 e. The normalized spacial score (nSPS) is 15.9. The van der Waals surface area contributed by atoms with E-state index in [1.54, 1.807) is 6.92 Å². The molecule has 1 heterocycles. The summed E-state index contributed by atoms with van der Waals surface area (Å²) in [5, 5.41) is 16.0. The molecule has 0 fully saturated rings. The summed E-state index contributed by atoms with van der Waals surface area (Å²) >= 11 is 0. The Labute approximate surface area is 91.3 Å². The van der Waals surface area contributed by atoms with Gasteiger partial charge < -0.3 is 5.11 Å². The van der Waals surface area contributed by atoms with Crippen molar-refractivity contribution in [3.63, 3.8) is 0 Å². The van der Waals surface area contributed by atoms with Gasteiger partial charge in [-0.25, -0.2) is 0 Å². The minimum absolute atomic E-state index is 0.283. The molecule has 0 aliphatic rings. The number of rotatable bonds is 3. The Kier molecular flexibility index (Phi) is 3.85. The van der Waals surface area contributed by atoms with E-state index in [-0.39, 0.29) is 5.92 Å². The van der Waals surface area contributed by atoms with Gasteiger partial charge >= 0.3 is 6.18 Å². The van der Waals surface area contributed by atoms with Crippen molar-refractivity contribution >= 4 is 0 Å². The molecule has 0 aromatic carbocycles. The molecule has 1 aromatic heterocycles. The maximum absolute atomic E-state index is 12.2. The summed E-state index contributed by atoms with van der Waals surface area (Å²) in [6, 6.07) is 2.14. The topological polar surface area (TPSA) is 46.0 Å². The predicted molar refractivity (Wildman–Crippen MR) is 51.7 cm³/mol. The van der Waals surface area contributed by atoms with E-state index < -0.39 is 18.0 Å². The maximum atomic E-state index is 12.2. The molecule has 6 heteroatoms. The van der Waals surface area contributed by atoms with Gasteiger partial charge in [0.25, 0.3) is 0 Å². The lowest BCUT2D eigenvalue weighted by Crippen LogP contribution is -2.17. The fourth-order valence-corrected chi connectivity index (χ4v) is 1.49. The quantitative estimate of drug-likeness (QED) is 0.873. The van der Waals surface area contributed by atoms with Crippen LogP contribution in [-0.4, -0.2) is 21.4 Å². The Morgan fingerprint density at radius 3 is 2.25 bits per heavy atom. The summed E-state index contributed by atoms with van der Waals surface area (Å²) in [6.07, 6.45) is -4.54. The number of aromatic nitrogens is 2. The van der Waals surface area contributed by atoms with Crippen molar-refractivity contribution in [2.24, 2.45) is 0 Å². The van der Waals surface area contributed by atoms with Gasteiger partial charge in [0.05, 0.1) is 11.8 Å². The molecule has 0 amide bonds. The van der Waals surface area contributed by atoms with E-state index >= 15 is 0 Å². The lowest BCUT2D eigenvalue weighted by molar-refractivity contribution is -0.141. The second kappa shape index (κ2) is 4.78. The van der Waals surface area contributed by atoms with Crippen LogP contribution in [0.2, 0.25) is 0 Å². The number of halogens is 3. The third-order valence-corrected chi connectivity index (χ3v) is 2.38. The van der Waals surface area contributed by atoms with E-state index in [1.807, 2.05) is 6.92 Å². The van der Waals surface area contributed by atoms with E-state index in [0.717, 1.165) is 6.07 Å². The van der Waals surface area contributed by atoms with Crippen LogP contribution in [0.15, 0.2) is 12.1 Å². The first-order valence-corrected chi connectivity index (χ1v) is 4.95. The predicted octanol–water partition coefficient (Wildman–Crippen LogP) is 2.37. The zero-order chi connectivity index (χ0) is 12.3. The average molecular weight is 234 g/mol. The zero-order valence-corrected chi connectivity index (χ0v) is 8.99. The van der Waals surface area contributed by atoms with Gasteiger partial charge in [0, 0.05) is 5.92 Å². The van der Waals surface area contributed by atoms with Crippen molar-refractivity contribution in [3.05, 3.63) is 23.5 Å². The van der Waals surface area contributed by atoms with E-state index in [0.29, 0.717) is 12.1 Å². The Balaban J connectivity index is 2.94. The summed E-state index contributed by atoms with van der Waals surface area (Å²) < 4.78 is 36.6. The molecule has 90 valence electrons. The molecule has 1 aromatic rings. The van der Waals surface area contributed by atoms with Crippen LogP contribution >= 0.6 is 0 Å². The van der Waals surface area contributed by atoms with Crippen molar-refractivity contribution < 1.29 is 18.3 Å². The number of nitrogens with zero attached hydrogens (tertiary/aromatic N) is 2. The van der Waals surface area contributed by atoms with Crippen LogP contribution in [-0.2, 0) is 6.18 Å². The molecule has 0 radical (unpaired) electrons. The first-order chi connectivity index (χ1) is 7.36. The molecule has 0 aliphatic carbocycles. The molecule has 3 nitrogen and oxygen atoms in total. The molecule has 0 spiro atoms. The fourth-order valence-electron chi connectivity index (χ4n) is 1.49. The number of alkyl halides is 3. The summed E-state index contributed by atoms with van der Waals surface area (Å²) in [6.45, 7) is 3.41. The van der Waals surface area contributed by atoms with Crippen molar-refractivity contribution in [3.8, 4) is 0 Å². The zero-order valence-electron chi connectivity index (χ0n) is 8.99. The number of hydrogen-bond donors (Lipinski definition) is 1. The number of aliphatic hydroxyl groups excluding tert-OH is 1. The first kappa shape index (κ1) is 12.9. The summed E-state index contributed by atoms with van der Waals surface area (Å²) in [4.78, 5) is 0. The van der Waals surface area contributed by atoms with Gasteiger partial charge in [0.2, 0.25) is 0 Å².